The van der Waals surface area contributed by atoms with Gasteiger partial charge in [-0.2, -0.15) is 0 Å². The van der Waals surface area contributed by atoms with E-state index < -0.39 is 0 Å². The molecule has 106 valence electrons. The zero-order chi connectivity index (χ0) is 13.5. The standard InChI is InChI=1S/C16H24ClNO/c1-2-18-16(14-9-3-4-10-15(14)17)11-5-7-13-8-6-12-19-13/h3-4,9-10,13,16,18H,2,5-8,11-12H2,1H3. The Hall–Kier alpha value is -0.570. The molecule has 2 rings (SSSR count). The second-order valence-corrected chi connectivity index (χ2v) is 5.60. The van der Waals surface area contributed by atoms with Crippen molar-refractivity contribution in [1.29, 1.82) is 0 Å². The quantitative estimate of drug-likeness (QED) is 0.803. The largest absolute Gasteiger partial charge is 0.378 e. The highest BCUT2D eigenvalue weighted by atomic mass is 35.5. The molecule has 0 aliphatic carbocycles. The van der Waals surface area contributed by atoms with Crippen molar-refractivity contribution in [2.75, 3.05) is 13.2 Å². The Morgan fingerprint density at radius 1 is 1.42 bits per heavy atom. The number of ether oxygens (including phenoxy) is 1. The fraction of sp³-hybridized carbons (Fsp3) is 0.625. The van der Waals surface area contributed by atoms with Gasteiger partial charge in [0.05, 0.1) is 6.10 Å². The minimum Gasteiger partial charge on any atom is -0.378 e. The van der Waals surface area contributed by atoms with Crippen LogP contribution in [0, 0.1) is 0 Å². The fourth-order valence-corrected chi connectivity index (χ4v) is 3.06. The van der Waals surface area contributed by atoms with Crippen molar-refractivity contribution in [1.82, 2.24) is 5.32 Å². The van der Waals surface area contributed by atoms with Crippen LogP contribution in [0.3, 0.4) is 0 Å². The van der Waals surface area contributed by atoms with Crippen molar-refractivity contribution < 1.29 is 4.74 Å². The predicted octanol–water partition coefficient (Wildman–Crippen LogP) is 4.34. The smallest absolute Gasteiger partial charge is 0.0576 e. The first-order valence-corrected chi connectivity index (χ1v) is 7.78. The summed E-state index contributed by atoms with van der Waals surface area (Å²) in [4.78, 5) is 0. The highest BCUT2D eigenvalue weighted by Crippen LogP contribution is 2.27. The van der Waals surface area contributed by atoms with Crippen LogP contribution in [0.5, 0.6) is 0 Å². The molecule has 1 aromatic carbocycles. The molecule has 0 spiro atoms. The molecule has 2 nitrogen and oxygen atoms in total. The molecule has 1 N–H and O–H groups in total. The first kappa shape index (κ1) is 14.8. The van der Waals surface area contributed by atoms with Gasteiger partial charge in [0.1, 0.15) is 0 Å². The number of rotatable bonds is 7. The van der Waals surface area contributed by atoms with Crippen LogP contribution in [0.25, 0.3) is 0 Å². The van der Waals surface area contributed by atoms with Crippen molar-refractivity contribution in [3.05, 3.63) is 34.9 Å². The molecule has 2 unspecified atom stereocenters. The van der Waals surface area contributed by atoms with E-state index in [9.17, 15) is 0 Å². The van der Waals surface area contributed by atoms with Crippen molar-refractivity contribution in [3.63, 3.8) is 0 Å². The number of halogens is 1. The van der Waals surface area contributed by atoms with E-state index in [1.165, 1.54) is 31.2 Å². The van der Waals surface area contributed by atoms with Crippen molar-refractivity contribution in [2.45, 2.75) is 51.2 Å². The maximum atomic E-state index is 6.30. The summed E-state index contributed by atoms with van der Waals surface area (Å²) in [6, 6.07) is 8.51. The Balaban J connectivity index is 1.87. The van der Waals surface area contributed by atoms with E-state index in [0.29, 0.717) is 12.1 Å². The van der Waals surface area contributed by atoms with E-state index in [1.807, 2.05) is 12.1 Å². The van der Waals surface area contributed by atoms with Gasteiger partial charge < -0.3 is 10.1 Å². The first-order chi connectivity index (χ1) is 9.31. The van der Waals surface area contributed by atoms with Crippen LogP contribution in [0.4, 0.5) is 0 Å². The van der Waals surface area contributed by atoms with Gasteiger partial charge in [0.15, 0.2) is 0 Å². The summed E-state index contributed by atoms with van der Waals surface area (Å²) in [6.07, 6.45) is 6.44. The van der Waals surface area contributed by atoms with Gasteiger partial charge in [0, 0.05) is 17.7 Å². The summed E-state index contributed by atoms with van der Waals surface area (Å²) in [7, 11) is 0. The van der Waals surface area contributed by atoms with Crippen LogP contribution in [0.2, 0.25) is 5.02 Å². The summed E-state index contributed by atoms with van der Waals surface area (Å²) < 4.78 is 5.68. The molecular weight excluding hydrogens is 258 g/mol. The van der Waals surface area contributed by atoms with Crippen molar-refractivity contribution in [3.8, 4) is 0 Å². The third kappa shape index (κ3) is 4.48. The van der Waals surface area contributed by atoms with Gasteiger partial charge in [0.25, 0.3) is 0 Å². The molecule has 0 saturated carbocycles. The maximum absolute atomic E-state index is 6.30. The van der Waals surface area contributed by atoms with Gasteiger partial charge in [-0.15, -0.1) is 0 Å². The molecule has 0 bridgehead atoms. The molecule has 1 aliphatic rings. The van der Waals surface area contributed by atoms with Gasteiger partial charge in [-0.1, -0.05) is 36.7 Å². The van der Waals surface area contributed by atoms with Crippen LogP contribution >= 0.6 is 11.6 Å². The SMILES string of the molecule is CCNC(CCCC1CCCO1)c1ccccc1Cl. The molecule has 0 radical (unpaired) electrons. The summed E-state index contributed by atoms with van der Waals surface area (Å²) in [6.45, 7) is 4.06. The van der Waals surface area contributed by atoms with Crippen LogP contribution in [0.1, 0.15) is 50.6 Å². The Labute approximate surface area is 121 Å². The molecule has 0 aromatic heterocycles. The Morgan fingerprint density at radius 2 is 2.26 bits per heavy atom. The topological polar surface area (TPSA) is 21.3 Å². The zero-order valence-corrected chi connectivity index (χ0v) is 12.5. The number of nitrogens with one attached hydrogen (secondary N) is 1. The molecule has 1 aromatic rings. The second kappa shape index (κ2) is 7.88. The van der Waals surface area contributed by atoms with E-state index in [4.69, 9.17) is 16.3 Å². The fourth-order valence-electron chi connectivity index (χ4n) is 2.79. The van der Waals surface area contributed by atoms with E-state index in [-0.39, 0.29) is 0 Å². The monoisotopic (exact) mass is 281 g/mol. The second-order valence-electron chi connectivity index (χ2n) is 5.20. The van der Waals surface area contributed by atoms with Crippen molar-refractivity contribution >= 4 is 11.6 Å². The summed E-state index contributed by atoms with van der Waals surface area (Å²) in [5.74, 6) is 0. The predicted molar refractivity (Wildman–Crippen MR) is 80.7 cm³/mol. The molecule has 19 heavy (non-hydrogen) atoms. The maximum Gasteiger partial charge on any atom is 0.0576 e. The molecule has 1 fully saturated rings. The molecular formula is C16H24ClNO. The normalized spacial score (nSPS) is 20.6. The number of hydrogen-bond acceptors (Lipinski definition) is 2. The molecule has 2 atom stereocenters. The van der Waals surface area contributed by atoms with Gasteiger partial charge in [0.2, 0.25) is 0 Å². The van der Waals surface area contributed by atoms with Gasteiger partial charge in [-0.05, 0) is 50.3 Å². The highest BCUT2D eigenvalue weighted by molar-refractivity contribution is 6.31. The number of benzene rings is 1. The summed E-state index contributed by atoms with van der Waals surface area (Å²) in [5, 5.41) is 4.41. The van der Waals surface area contributed by atoms with Crippen LogP contribution in [-0.2, 0) is 4.74 Å². The average Bonchev–Trinajstić information content (AvgIpc) is 2.92. The molecule has 1 aliphatic heterocycles. The lowest BCUT2D eigenvalue weighted by Crippen LogP contribution is -2.21. The third-order valence-corrected chi connectivity index (χ3v) is 4.12. The number of hydrogen-bond donors (Lipinski definition) is 1. The van der Waals surface area contributed by atoms with E-state index >= 15 is 0 Å². The Morgan fingerprint density at radius 3 is 2.95 bits per heavy atom. The lowest BCUT2D eigenvalue weighted by atomic mass is 9.99. The summed E-state index contributed by atoms with van der Waals surface area (Å²) >= 11 is 6.30. The summed E-state index contributed by atoms with van der Waals surface area (Å²) in [5.41, 5.74) is 1.22. The minimum atomic E-state index is 0.361. The van der Waals surface area contributed by atoms with Crippen molar-refractivity contribution in [2.24, 2.45) is 0 Å². The Kier molecular flexibility index (Phi) is 6.15. The molecule has 1 heterocycles. The van der Waals surface area contributed by atoms with Crippen LogP contribution < -0.4 is 5.32 Å². The third-order valence-electron chi connectivity index (χ3n) is 3.77. The zero-order valence-electron chi connectivity index (χ0n) is 11.7. The van der Waals surface area contributed by atoms with Gasteiger partial charge >= 0.3 is 0 Å². The van der Waals surface area contributed by atoms with Crippen LogP contribution in [0.15, 0.2) is 24.3 Å². The van der Waals surface area contributed by atoms with E-state index in [1.54, 1.807) is 0 Å². The minimum absolute atomic E-state index is 0.361. The Bertz CT molecular complexity index is 377. The van der Waals surface area contributed by atoms with E-state index in [0.717, 1.165) is 24.6 Å². The van der Waals surface area contributed by atoms with Gasteiger partial charge in [-0.25, -0.2) is 0 Å². The molecule has 0 amide bonds. The average molecular weight is 282 g/mol. The lowest BCUT2D eigenvalue weighted by molar-refractivity contribution is 0.101. The highest BCUT2D eigenvalue weighted by Gasteiger charge is 2.17. The molecule has 3 heteroatoms. The van der Waals surface area contributed by atoms with Crippen LogP contribution in [-0.4, -0.2) is 19.3 Å². The van der Waals surface area contributed by atoms with E-state index in [2.05, 4.69) is 24.4 Å². The lowest BCUT2D eigenvalue weighted by Gasteiger charge is -2.20. The molecule has 1 saturated heterocycles. The van der Waals surface area contributed by atoms with Gasteiger partial charge in [-0.3, -0.25) is 0 Å². The first-order valence-electron chi connectivity index (χ1n) is 7.40.